The number of carbonyl (C=O) groups is 1. The van der Waals surface area contributed by atoms with E-state index in [1.54, 1.807) is 0 Å². The van der Waals surface area contributed by atoms with Crippen molar-refractivity contribution in [1.82, 2.24) is 4.90 Å². The van der Waals surface area contributed by atoms with E-state index in [2.05, 4.69) is 60.8 Å². The van der Waals surface area contributed by atoms with Gasteiger partial charge in [-0.25, -0.2) is 0 Å². The van der Waals surface area contributed by atoms with Gasteiger partial charge in [0, 0.05) is 19.0 Å². The lowest BCUT2D eigenvalue weighted by Gasteiger charge is -2.39. The minimum atomic E-state index is 0.169. The summed E-state index contributed by atoms with van der Waals surface area (Å²) in [5, 5.41) is 3.81. The van der Waals surface area contributed by atoms with Crippen molar-refractivity contribution in [3.63, 3.8) is 0 Å². The van der Waals surface area contributed by atoms with Crippen LogP contribution in [0.5, 0.6) is 5.75 Å². The largest absolute Gasteiger partial charge is 0.494 e. The molecule has 0 aromatic heterocycles. The fourth-order valence-corrected chi connectivity index (χ4v) is 5.45. The first-order valence-electron chi connectivity index (χ1n) is 11.7. The minimum Gasteiger partial charge on any atom is -0.494 e. The van der Waals surface area contributed by atoms with Crippen LogP contribution in [-0.2, 0) is 0 Å². The molecule has 3 aliphatic rings. The van der Waals surface area contributed by atoms with Crippen LogP contribution in [0.3, 0.4) is 0 Å². The van der Waals surface area contributed by atoms with Gasteiger partial charge in [-0.15, -0.1) is 0 Å². The molecule has 0 spiro atoms. The summed E-state index contributed by atoms with van der Waals surface area (Å²) in [6.07, 6.45) is 7.88. The van der Waals surface area contributed by atoms with Crippen LogP contribution in [0.2, 0.25) is 0 Å². The maximum Gasteiger partial charge on any atom is 0.255 e. The molecule has 1 fully saturated rings. The van der Waals surface area contributed by atoms with Crippen molar-refractivity contribution >= 4 is 11.6 Å². The summed E-state index contributed by atoms with van der Waals surface area (Å²) in [5.74, 6) is 2.59. The molecule has 0 saturated carbocycles. The van der Waals surface area contributed by atoms with Gasteiger partial charge in [-0.3, -0.25) is 4.79 Å². The highest BCUT2D eigenvalue weighted by atomic mass is 16.5. The van der Waals surface area contributed by atoms with Crippen molar-refractivity contribution < 1.29 is 9.53 Å². The molecule has 3 unspecified atom stereocenters. The summed E-state index contributed by atoms with van der Waals surface area (Å²) in [6, 6.07) is 14.9. The highest BCUT2D eigenvalue weighted by Crippen LogP contribution is 2.50. The number of nitrogens with one attached hydrogen (secondary N) is 1. The van der Waals surface area contributed by atoms with Crippen molar-refractivity contribution in [2.45, 2.75) is 45.1 Å². The molecule has 2 aromatic rings. The minimum absolute atomic E-state index is 0.169. The standard InChI is InChI=1S/C27H32N2O2/c1-3-31-20-12-10-19(11-13-20)25-22-7-4-6-21(22)23-8-5-9-24(26(23)28-25)27(30)29-16-14-18(2)15-17-29/h4-6,8-13,18,21-22,25,28H,3,7,14-17H2,1-2H3. The third kappa shape index (κ3) is 3.73. The summed E-state index contributed by atoms with van der Waals surface area (Å²) >= 11 is 0. The number of piperidine rings is 1. The third-order valence-corrected chi connectivity index (χ3v) is 7.25. The fraction of sp³-hybridized carbons (Fsp3) is 0.444. The average molecular weight is 417 g/mol. The number of para-hydroxylation sites is 1. The van der Waals surface area contributed by atoms with Crippen LogP contribution < -0.4 is 10.1 Å². The molecular formula is C27H32N2O2. The average Bonchev–Trinajstić information content (AvgIpc) is 3.29. The van der Waals surface area contributed by atoms with Gasteiger partial charge in [0.15, 0.2) is 0 Å². The van der Waals surface area contributed by atoms with Gasteiger partial charge in [0.2, 0.25) is 0 Å². The zero-order valence-electron chi connectivity index (χ0n) is 18.5. The number of allylic oxidation sites excluding steroid dienone is 2. The molecule has 4 nitrogen and oxygen atoms in total. The third-order valence-electron chi connectivity index (χ3n) is 7.25. The number of ether oxygens (including phenoxy) is 1. The smallest absolute Gasteiger partial charge is 0.255 e. The number of likely N-dealkylation sites (tertiary alicyclic amines) is 1. The lowest BCUT2D eigenvalue weighted by Crippen LogP contribution is -2.39. The summed E-state index contributed by atoms with van der Waals surface area (Å²) < 4.78 is 5.63. The van der Waals surface area contributed by atoms with Crippen LogP contribution in [0, 0.1) is 11.8 Å². The Balaban J connectivity index is 1.48. The Bertz CT molecular complexity index is 973. The fourth-order valence-electron chi connectivity index (χ4n) is 5.45. The summed E-state index contributed by atoms with van der Waals surface area (Å²) in [6.45, 7) is 6.67. The predicted molar refractivity (Wildman–Crippen MR) is 125 cm³/mol. The number of carbonyl (C=O) groups excluding carboxylic acids is 1. The van der Waals surface area contributed by atoms with Crippen LogP contribution in [0.4, 0.5) is 5.69 Å². The van der Waals surface area contributed by atoms with E-state index in [1.807, 2.05) is 17.9 Å². The van der Waals surface area contributed by atoms with Gasteiger partial charge in [0.1, 0.15) is 5.75 Å². The molecule has 1 amide bonds. The van der Waals surface area contributed by atoms with Crippen LogP contribution in [0.15, 0.2) is 54.6 Å². The number of hydrogen-bond acceptors (Lipinski definition) is 3. The summed E-state index contributed by atoms with van der Waals surface area (Å²) in [5.41, 5.74) is 4.36. The molecule has 2 heterocycles. The van der Waals surface area contributed by atoms with Crippen LogP contribution in [0.25, 0.3) is 0 Å². The zero-order valence-corrected chi connectivity index (χ0v) is 18.5. The molecule has 4 heteroatoms. The number of benzene rings is 2. The normalized spacial score (nSPS) is 25.0. The zero-order chi connectivity index (χ0) is 21.4. The number of fused-ring (bicyclic) bond motifs is 3. The molecule has 0 radical (unpaired) electrons. The van der Waals surface area contributed by atoms with E-state index < -0.39 is 0 Å². The quantitative estimate of drug-likeness (QED) is 0.642. The number of anilines is 1. The molecule has 0 bridgehead atoms. The first-order valence-corrected chi connectivity index (χ1v) is 11.7. The summed E-state index contributed by atoms with van der Waals surface area (Å²) in [7, 11) is 0. The molecule has 3 atom stereocenters. The SMILES string of the molecule is CCOc1ccc(C2Nc3c(C(=O)N4CCC(C)CC4)cccc3C3C=CCC32)cc1. The van der Waals surface area contributed by atoms with E-state index in [0.717, 1.165) is 49.4 Å². The van der Waals surface area contributed by atoms with E-state index in [1.165, 1.54) is 11.1 Å². The molecular weight excluding hydrogens is 384 g/mol. The molecule has 2 aromatic carbocycles. The highest BCUT2D eigenvalue weighted by molar-refractivity contribution is 6.01. The highest BCUT2D eigenvalue weighted by Gasteiger charge is 2.39. The second-order valence-electron chi connectivity index (χ2n) is 9.22. The number of hydrogen-bond donors (Lipinski definition) is 1. The van der Waals surface area contributed by atoms with Crippen molar-refractivity contribution in [3.05, 3.63) is 71.3 Å². The maximum atomic E-state index is 13.5. The maximum absolute atomic E-state index is 13.5. The Labute approximate surface area is 185 Å². The van der Waals surface area contributed by atoms with E-state index in [4.69, 9.17) is 4.74 Å². The Morgan fingerprint density at radius 2 is 1.90 bits per heavy atom. The summed E-state index contributed by atoms with van der Waals surface area (Å²) in [4.78, 5) is 15.5. The van der Waals surface area contributed by atoms with Crippen molar-refractivity contribution in [3.8, 4) is 5.75 Å². The lowest BCUT2D eigenvalue weighted by molar-refractivity contribution is 0.0698. The van der Waals surface area contributed by atoms with E-state index in [0.29, 0.717) is 24.4 Å². The van der Waals surface area contributed by atoms with Crippen molar-refractivity contribution in [2.75, 3.05) is 25.0 Å². The van der Waals surface area contributed by atoms with Crippen LogP contribution in [-0.4, -0.2) is 30.5 Å². The Hall–Kier alpha value is -2.75. The van der Waals surface area contributed by atoms with Crippen molar-refractivity contribution in [1.29, 1.82) is 0 Å². The molecule has 1 aliphatic carbocycles. The first kappa shape index (κ1) is 20.2. The predicted octanol–water partition coefficient (Wildman–Crippen LogP) is 5.78. The Morgan fingerprint density at radius 3 is 2.65 bits per heavy atom. The van der Waals surface area contributed by atoms with Gasteiger partial charge >= 0.3 is 0 Å². The lowest BCUT2D eigenvalue weighted by atomic mass is 9.76. The molecule has 1 N–H and O–H groups in total. The van der Waals surface area contributed by atoms with Gasteiger partial charge in [-0.1, -0.05) is 43.3 Å². The Morgan fingerprint density at radius 1 is 1.13 bits per heavy atom. The number of amides is 1. The number of rotatable bonds is 4. The number of nitrogens with zero attached hydrogens (tertiary/aromatic N) is 1. The second-order valence-corrected chi connectivity index (χ2v) is 9.22. The molecule has 5 rings (SSSR count). The molecule has 162 valence electrons. The van der Waals surface area contributed by atoms with Gasteiger partial charge in [-0.05, 0) is 67.3 Å². The monoisotopic (exact) mass is 416 g/mol. The van der Waals surface area contributed by atoms with E-state index in [9.17, 15) is 4.79 Å². The van der Waals surface area contributed by atoms with Gasteiger partial charge in [0.25, 0.3) is 5.91 Å². The van der Waals surface area contributed by atoms with Crippen molar-refractivity contribution in [2.24, 2.45) is 11.8 Å². The molecule has 2 aliphatic heterocycles. The van der Waals surface area contributed by atoms with E-state index in [-0.39, 0.29) is 11.9 Å². The van der Waals surface area contributed by atoms with E-state index >= 15 is 0 Å². The molecule has 1 saturated heterocycles. The topological polar surface area (TPSA) is 41.6 Å². The van der Waals surface area contributed by atoms with Crippen LogP contribution in [0.1, 0.15) is 66.6 Å². The Kier molecular flexibility index (Phi) is 5.47. The van der Waals surface area contributed by atoms with Gasteiger partial charge in [0.05, 0.1) is 23.9 Å². The van der Waals surface area contributed by atoms with Gasteiger partial charge in [-0.2, -0.15) is 0 Å². The first-order chi connectivity index (χ1) is 15.2. The second kappa shape index (κ2) is 8.41. The van der Waals surface area contributed by atoms with Gasteiger partial charge < -0.3 is 15.0 Å². The van der Waals surface area contributed by atoms with Crippen LogP contribution >= 0.6 is 0 Å². The molecule has 31 heavy (non-hydrogen) atoms.